The van der Waals surface area contributed by atoms with Crippen molar-refractivity contribution in [3.8, 4) is 0 Å². The van der Waals surface area contributed by atoms with E-state index < -0.39 is 6.10 Å². The zero-order valence-electron chi connectivity index (χ0n) is 11.0. The molecule has 0 saturated heterocycles. The summed E-state index contributed by atoms with van der Waals surface area (Å²) in [5, 5.41) is 13.6. The molecule has 0 aliphatic rings. The summed E-state index contributed by atoms with van der Waals surface area (Å²) in [5.74, 6) is 0. The Morgan fingerprint density at radius 3 is 2.05 bits per heavy atom. The Morgan fingerprint density at radius 1 is 0.947 bits per heavy atom. The Hall–Kier alpha value is -1.35. The quantitative estimate of drug-likeness (QED) is 0.879. The zero-order valence-corrected chi connectivity index (χ0v) is 11.8. The maximum atomic E-state index is 10.2. The van der Waals surface area contributed by atoms with Crippen LogP contribution < -0.4 is 5.32 Å². The van der Waals surface area contributed by atoms with E-state index in [1.54, 1.807) is 0 Å². The highest BCUT2D eigenvalue weighted by Gasteiger charge is 2.15. The number of benzene rings is 2. The maximum Gasteiger partial charge on any atom is 0.0940 e. The second-order valence-electron chi connectivity index (χ2n) is 4.51. The molecule has 2 aromatic carbocycles. The molecule has 2 aromatic rings. The minimum Gasteiger partial charge on any atom is -0.387 e. The molecular formula is C16H20ClNO. The molecule has 0 aliphatic heterocycles. The predicted molar refractivity (Wildman–Crippen MR) is 81.4 cm³/mol. The van der Waals surface area contributed by atoms with Gasteiger partial charge in [0.1, 0.15) is 0 Å². The fourth-order valence-electron chi connectivity index (χ4n) is 1.93. The minimum atomic E-state index is -0.477. The molecule has 0 spiro atoms. The summed E-state index contributed by atoms with van der Waals surface area (Å²) >= 11 is 0. The smallest absolute Gasteiger partial charge is 0.0940 e. The number of hydrogen-bond donors (Lipinski definition) is 2. The summed E-state index contributed by atoms with van der Waals surface area (Å²) in [6.45, 7) is 2.77. The van der Waals surface area contributed by atoms with E-state index in [1.807, 2.05) is 55.5 Å². The van der Waals surface area contributed by atoms with E-state index >= 15 is 0 Å². The van der Waals surface area contributed by atoms with E-state index in [0.29, 0.717) is 0 Å². The van der Waals surface area contributed by atoms with Gasteiger partial charge in [-0.15, -0.1) is 12.4 Å². The van der Waals surface area contributed by atoms with E-state index in [0.717, 1.165) is 12.1 Å². The molecule has 0 amide bonds. The van der Waals surface area contributed by atoms with Crippen LogP contribution in [-0.4, -0.2) is 11.1 Å². The molecular weight excluding hydrogens is 258 g/mol. The van der Waals surface area contributed by atoms with E-state index in [1.165, 1.54) is 5.56 Å². The van der Waals surface area contributed by atoms with Gasteiger partial charge in [0.2, 0.25) is 0 Å². The summed E-state index contributed by atoms with van der Waals surface area (Å²) < 4.78 is 0. The van der Waals surface area contributed by atoms with Crippen molar-refractivity contribution in [3.05, 3.63) is 71.8 Å². The molecule has 0 radical (unpaired) electrons. The Labute approximate surface area is 120 Å². The topological polar surface area (TPSA) is 32.3 Å². The Bertz CT molecular complexity index is 461. The van der Waals surface area contributed by atoms with Crippen molar-refractivity contribution in [2.75, 3.05) is 0 Å². The summed E-state index contributed by atoms with van der Waals surface area (Å²) in [4.78, 5) is 0. The molecule has 0 aromatic heterocycles. The summed E-state index contributed by atoms with van der Waals surface area (Å²) in [6, 6.07) is 20.0. The zero-order chi connectivity index (χ0) is 12.8. The molecule has 0 bridgehead atoms. The lowest BCUT2D eigenvalue weighted by Gasteiger charge is -2.20. The average Bonchev–Trinajstić information content (AvgIpc) is 2.46. The van der Waals surface area contributed by atoms with Crippen LogP contribution in [0.5, 0.6) is 0 Å². The first kappa shape index (κ1) is 15.7. The van der Waals surface area contributed by atoms with Crippen molar-refractivity contribution in [1.29, 1.82) is 0 Å². The first-order chi connectivity index (χ1) is 8.77. The first-order valence-corrected chi connectivity index (χ1v) is 6.27. The number of halogens is 1. The van der Waals surface area contributed by atoms with Crippen LogP contribution in [-0.2, 0) is 6.54 Å². The summed E-state index contributed by atoms with van der Waals surface area (Å²) in [5.41, 5.74) is 2.18. The van der Waals surface area contributed by atoms with E-state index in [4.69, 9.17) is 0 Å². The number of aliphatic hydroxyl groups is 1. The number of nitrogens with one attached hydrogen (secondary N) is 1. The molecule has 0 aliphatic carbocycles. The molecule has 0 saturated carbocycles. The molecule has 0 fully saturated rings. The van der Waals surface area contributed by atoms with Crippen LogP contribution in [0.2, 0.25) is 0 Å². The highest BCUT2D eigenvalue weighted by atomic mass is 35.5. The lowest BCUT2D eigenvalue weighted by atomic mass is 10.0. The molecule has 2 atom stereocenters. The molecule has 2 N–H and O–H groups in total. The lowest BCUT2D eigenvalue weighted by molar-refractivity contribution is 0.135. The lowest BCUT2D eigenvalue weighted by Crippen LogP contribution is -2.31. The summed E-state index contributed by atoms with van der Waals surface area (Å²) in [6.07, 6.45) is -0.477. The molecule has 3 heteroatoms. The second-order valence-corrected chi connectivity index (χ2v) is 4.51. The fourth-order valence-corrected chi connectivity index (χ4v) is 1.93. The van der Waals surface area contributed by atoms with Crippen LogP contribution in [0.3, 0.4) is 0 Å². The maximum absolute atomic E-state index is 10.2. The van der Waals surface area contributed by atoms with Gasteiger partial charge in [0.15, 0.2) is 0 Å². The van der Waals surface area contributed by atoms with Crippen molar-refractivity contribution in [2.45, 2.75) is 25.6 Å². The van der Waals surface area contributed by atoms with Gasteiger partial charge in [-0.1, -0.05) is 60.7 Å². The van der Waals surface area contributed by atoms with Crippen LogP contribution in [0.15, 0.2) is 60.7 Å². The van der Waals surface area contributed by atoms with Crippen molar-refractivity contribution in [3.63, 3.8) is 0 Å². The van der Waals surface area contributed by atoms with Crippen LogP contribution in [0.1, 0.15) is 24.2 Å². The largest absolute Gasteiger partial charge is 0.387 e. The summed E-state index contributed by atoms with van der Waals surface area (Å²) in [7, 11) is 0. The molecule has 102 valence electrons. The molecule has 2 rings (SSSR count). The van der Waals surface area contributed by atoms with Crippen LogP contribution in [0, 0.1) is 0 Å². The molecule has 2 nitrogen and oxygen atoms in total. The fraction of sp³-hybridized carbons (Fsp3) is 0.250. The Balaban J connectivity index is 0.00000180. The number of rotatable bonds is 5. The van der Waals surface area contributed by atoms with Crippen LogP contribution in [0.25, 0.3) is 0 Å². The van der Waals surface area contributed by atoms with Crippen LogP contribution in [0.4, 0.5) is 0 Å². The number of hydrogen-bond acceptors (Lipinski definition) is 2. The molecule has 0 heterocycles. The predicted octanol–water partition coefficient (Wildman–Crippen LogP) is 3.32. The van der Waals surface area contributed by atoms with Gasteiger partial charge in [0.05, 0.1) is 6.10 Å². The van der Waals surface area contributed by atoms with Gasteiger partial charge >= 0.3 is 0 Å². The number of aliphatic hydroxyl groups excluding tert-OH is 1. The van der Waals surface area contributed by atoms with E-state index in [-0.39, 0.29) is 18.4 Å². The normalized spacial score (nSPS) is 13.4. The van der Waals surface area contributed by atoms with Crippen molar-refractivity contribution in [1.82, 2.24) is 5.32 Å². The highest BCUT2D eigenvalue weighted by molar-refractivity contribution is 5.85. The highest BCUT2D eigenvalue weighted by Crippen LogP contribution is 2.16. The molecule has 19 heavy (non-hydrogen) atoms. The van der Waals surface area contributed by atoms with E-state index in [9.17, 15) is 5.11 Å². The third kappa shape index (κ3) is 4.67. The minimum absolute atomic E-state index is 0. The van der Waals surface area contributed by atoms with Gasteiger partial charge in [0.25, 0.3) is 0 Å². The van der Waals surface area contributed by atoms with Gasteiger partial charge in [-0.25, -0.2) is 0 Å². The first-order valence-electron chi connectivity index (χ1n) is 6.27. The van der Waals surface area contributed by atoms with Gasteiger partial charge in [0, 0.05) is 12.6 Å². The van der Waals surface area contributed by atoms with Gasteiger partial charge in [-0.05, 0) is 18.1 Å². The van der Waals surface area contributed by atoms with Gasteiger partial charge < -0.3 is 10.4 Å². The molecule has 0 unspecified atom stereocenters. The van der Waals surface area contributed by atoms with Crippen molar-refractivity contribution in [2.24, 2.45) is 0 Å². The van der Waals surface area contributed by atoms with Gasteiger partial charge in [-0.2, -0.15) is 0 Å². The second kappa shape index (κ2) is 7.95. The standard InChI is InChI=1S/C16H19NO.ClH/c1-13(16(18)15-10-6-3-7-11-15)17-12-14-8-4-2-5-9-14;/h2-11,13,16-18H,12H2,1H3;1H/t13-,16-;/m0./s1. The van der Waals surface area contributed by atoms with Crippen molar-refractivity contribution < 1.29 is 5.11 Å². The van der Waals surface area contributed by atoms with Crippen LogP contribution >= 0.6 is 12.4 Å². The Morgan fingerprint density at radius 2 is 1.47 bits per heavy atom. The van der Waals surface area contributed by atoms with E-state index in [2.05, 4.69) is 17.4 Å². The average molecular weight is 278 g/mol. The SMILES string of the molecule is C[C@H](NCc1ccccc1)[C@H](O)c1ccccc1.Cl. The third-order valence-corrected chi connectivity index (χ3v) is 3.09. The monoisotopic (exact) mass is 277 g/mol. The van der Waals surface area contributed by atoms with Crippen molar-refractivity contribution >= 4 is 12.4 Å². The van der Waals surface area contributed by atoms with Gasteiger partial charge in [-0.3, -0.25) is 0 Å². The third-order valence-electron chi connectivity index (χ3n) is 3.09. The Kier molecular flexibility index (Phi) is 6.57.